The molecule has 0 spiro atoms. The highest BCUT2D eigenvalue weighted by Crippen LogP contribution is 2.70. The third kappa shape index (κ3) is 6.62. The molecule has 6 N–H and O–H groups in total. The smallest absolute Gasteiger partial charge is 0.389 e. The van der Waals surface area contributed by atoms with Crippen LogP contribution in [0.15, 0.2) is 46.1 Å². The van der Waals surface area contributed by atoms with Crippen LogP contribution < -0.4 is 11.2 Å². The topological polar surface area (TPSA) is 244 Å². The Kier molecular flexibility index (Phi) is 9.59. The molecule has 43 heavy (non-hydrogen) atoms. The summed E-state index contributed by atoms with van der Waals surface area (Å²) in [7, 11) is -17.0. The van der Waals surface area contributed by atoms with Gasteiger partial charge in [0.25, 0.3) is 5.56 Å². The fourth-order valence-corrected chi connectivity index (χ4v) is 9.66. The Morgan fingerprint density at radius 1 is 0.930 bits per heavy atom. The number of aromatic amines is 1. The van der Waals surface area contributed by atoms with Crippen LogP contribution in [0.1, 0.15) is 52.7 Å². The Balaban J connectivity index is 2.29. The number of aliphatic hydroxyl groups is 1. The Bertz CT molecular complexity index is 1590. The van der Waals surface area contributed by atoms with Gasteiger partial charge in [-0.2, -0.15) is 8.62 Å². The molecular formula is C24H37N2O14P3. The van der Waals surface area contributed by atoms with Gasteiger partial charge in [0.15, 0.2) is 5.72 Å². The summed E-state index contributed by atoms with van der Waals surface area (Å²) in [6.07, 6.45) is -1.85. The standard InChI is InChI=1S/C24H37N2O14P3/c1-15-13-26(20(29)25-19(15)28)24(16-11-9-8-10-12-16)23(21(2,3)4,22(5,6)7)18(27)17(38-24)14-37-42(33,34)40-43(35,36)39-41(30,31)32/h8-13,17-18,27H,14H2,1-7H3,(H,33,34)(H,35,36)(H,25,28,29)(H2,30,31,32)/t17-,18-,24-/m1/s1. The summed E-state index contributed by atoms with van der Waals surface area (Å²) in [5.41, 5.74) is -6.34. The Hall–Kier alpha value is -1.77. The highest BCUT2D eigenvalue weighted by molar-refractivity contribution is 7.66. The van der Waals surface area contributed by atoms with Crippen molar-refractivity contribution in [2.24, 2.45) is 16.2 Å². The molecule has 0 radical (unpaired) electrons. The molecule has 3 rings (SSSR count). The second-order valence-electron chi connectivity index (χ2n) is 12.2. The van der Waals surface area contributed by atoms with Gasteiger partial charge in [-0.05, 0) is 17.8 Å². The molecule has 0 amide bonds. The highest BCUT2D eigenvalue weighted by Gasteiger charge is 2.75. The third-order valence-electron chi connectivity index (χ3n) is 7.46. The van der Waals surface area contributed by atoms with Gasteiger partial charge in [-0.1, -0.05) is 71.9 Å². The normalized spacial score (nSPS) is 25.7. The van der Waals surface area contributed by atoms with E-state index in [-0.39, 0.29) is 5.56 Å². The van der Waals surface area contributed by atoms with Crippen molar-refractivity contribution in [3.8, 4) is 0 Å². The number of phosphoric ester groups is 1. The van der Waals surface area contributed by atoms with Gasteiger partial charge in [0, 0.05) is 17.3 Å². The fourth-order valence-electron chi connectivity index (χ4n) is 6.63. The maximum atomic E-state index is 13.6. The minimum atomic E-state index is -5.81. The number of H-pyrrole nitrogens is 1. The Labute approximate surface area is 247 Å². The molecular weight excluding hydrogens is 633 g/mol. The summed E-state index contributed by atoms with van der Waals surface area (Å²) in [5, 5.41) is 12.2. The lowest BCUT2D eigenvalue weighted by Gasteiger charge is -2.60. The monoisotopic (exact) mass is 670 g/mol. The van der Waals surface area contributed by atoms with E-state index in [0.29, 0.717) is 5.56 Å². The van der Waals surface area contributed by atoms with E-state index in [1.54, 1.807) is 71.9 Å². The van der Waals surface area contributed by atoms with Crippen LogP contribution in [-0.4, -0.2) is 53.0 Å². The number of nitrogens with zero attached hydrogens (tertiary/aromatic N) is 1. The van der Waals surface area contributed by atoms with E-state index >= 15 is 0 Å². The highest BCUT2D eigenvalue weighted by atomic mass is 31.3. The molecule has 1 aromatic carbocycles. The zero-order chi connectivity index (χ0) is 33.0. The van der Waals surface area contributed by atoms with E-state index in [2.05, 4.69) is 13.6 Å². The van der Waals surface area contributed by atoms with Crippen LogP contribution in [0.25, 0.3) is 0 Å². The largest absolute Gasteiger partial charge is 0.490 e. The van der Waals surface area contributed by atoms with Crippen molar-refractivity contribution >= 4 is 23.5 Å². The predicted octanol–water partition coefficient (Wildman–Crippen LogP) is 2.73. The molecule has 0 saturated carbocycles. The first-order valence-corrected chi connectivity index (χ1v) is 17.4. The predicted molar refractivity (Wildman–Crippen MR) is 152 cm³/mol. The fraction of sp³-hybridized carbons (Fsp3) is 0.583. The quantitative estimate of drug-likeness (QED) is 0.210. The van der Waals surface area contributed by atoms with Gasteiger partial charge in [-0.3, -0.25) is 18.9 Å². The molecule has 242 valence electrons. The van der Waals surface area contributed by atoms with Gasteiger partial charge in [0.1, 0.15) is 6.10 Å². The number of aryl methyl sites for hydroxylation is 1. The summed E-state index contributed by atoms with van der Waals surface area (Å²) in [5.74, 6) is 0. The van der Waals surface area contributed by atoms with Crippen LogP contribution in [-0.2, 0) is 37.3 Å². The third-order valence-corrected chi connectivity index (χ3v) is 11.3. The number of hydrogen-bond acceptors (Lipinski definition) is 10. The molecule has 1 aliphatic rings. The summed E-state index contributed by atoms with van der Waals surface area (Å²) >= 11 is 0. The number of aromatic nitrogens is 2. The molecule has 2 aromatic rings. The first kappa shape index (κ1) is 35.7. The molecule has 2 unspecified atom stereocenters. The van der Waals surface area contributed by atoms with Gasteiger partial charge >= 0.3 is 29.2 Å². The number of hydrogen-bond donors (Lipinski definition) is 6. The van der Waals surface area contributed by atoms with Crippen LogP contribution in [0.4, 0.5) is 0 Å². The molecule has 0 aliphatic carbocycles. The van der Waals surface area contributed by atoms with Crippen molar-refractivity contribution in [1.82, 2.24) is 9.55 Å². The van der Waals surface area contributed by atoms with Crippen molar-refractivity contribution < 1.29 is 56.3 Å². The van der Waals surface area contributed by atoms with Gasteiger partial charge in [-0.15, -0.1) is 0 Å². The zero-order valence-electron chi connectivity index (χ0n) is 24.5. The SMILES string of the molecule is Cc1cn([C@]2(c3ccccc3)O[C@H](COP(=O)(O)OP(=O)(O)OP(=O)(O)O)[C@@H](O)C2(C(C)(C)C)C(C)(C)C)c(=O)[nH]c1=O. The summed E-state index contributed by atoms with van der Waals surface area (Å²) in [6, 6.07) is 8.36. The van der Waals surface area contributed by atoms with Crippen LogP contribution in [0.3, 0.4) is 0 Å². The van der Waals surface area contributed by atoms with Crippen molar-refractivity contribution in [3.05, 3.63) is 68.5 Å². The van der Waals surface area contributed by atoms with Crippen molar-refractivity contribution in [3.63, 3.8) is 0 Å². The van der Waals surface area contributed by atoms with Gasteiger partial charge < -0.3 is 29.4 Å². The number of rotatable bonds is 9. The average molecular weight is 670 g/mol. The number of benzene rings is 1. The average Bonchev–Trinajstić information content (AvgIpc) is 3.08. The zero-order valence-corrected chi connectivity index (χ0v) is 27.2. The molecule has 16 nitrogen and oxygen atoms in total. The lowest BCUT2D eigenvalue weighted by atomic mass is 9.46. The molecule has 2 heterocycles. The van der Waals surface area contributed by atoms with E-state index in [0.717, 1.165) is 4.57 Å². The summed E-state index contributed by atoms with van der Waals surface area (Å²) in [6.45, 7) is 11.3. The van der Waals surface area contributed by atoms with Crippen LogP contribution in [0.2, 0.25) is 0 Å². The minimum absolute atomic E-state index is 0.140. The summed E-state index contributed by atoms with van der Waals surface area (Å²) < 4.78 is 55.6. The molecule has 1 fully saturated rings. The number of nitrogens with one attached hydrogen (secondary N) is 1. The van der Waals surface area contributed by atoms with Gasteiger partial charge in [-0.25, -0.2) is 18.5 Å². The van der Waals surface area contributed by atoms with E-state index < -0.39 is 75.5 Å². The Morgan fingerprint density at radius 3 is 1.95 bits per heavy atom. The lowest BCUT2D eigenvalue weighted by Crippen LogP contribution is -2.67. The molecule has 5 atom stereocenters. The molecule has 1 aromatic heterocycles. The Morgan fingerprint density at radius 2 is 1.47 bits per heavy atom. The van der Waals surface area contributed by atoms with Gasteiger partial charge in [0.05, 0.1) is 18.1 Å². The molecule has 1 aliphatic heterocycles. The maximum Gasteiger partial charge on any atom is 0.490 e. The minimum Gasteiger partial charge on any atom is -0.389 e. The lowest BCUT2D eigenvalue weighted by molar-refractivity contribution is -0.212. The van der Waals surface area contributed by atoms with Crippen molar-refractivity contribution in [1.29, 1.82) is 0 Å². The first-order chi connectivity index (χ1) is 19.3. The van der Waals surface area contributed by atoms with E-state index in [1.807, 2.05) is 0 Å². The van der Waals surface area contributed by atoms with E-state index in [1.165, 1.54) is 13.1 Å². The number of aliphatic hydroxyl groups excluding tert-OH is 1. The van der Waals surface area contributed by atoms with Gasteiger partial charge in [0.2, 0.25) is 0 Å². The summed E-state index contributed by atoms with van der Waals surface area (Å²) in [4.78, 5) is 65.5. The number of phosphoric acid groups is 3. The van der Waals surface area contributed by atoms with Crippen molar-refractivity contribution in [2.45, 2.75) is 66.4 Å². The molecule has 1 saturated heterocycles. The second-order valence-corrected chi connectivity index (χ2v) is 16.7. The number of ether oxygens (including phenoxy) is 1. The first-order valence-electron chi connectivity index (χ1n) is 12.8. The molecule has 0 bridgehead atoms. The van der Waals surface area contributed by atoms with E-state index in [9.17, 15) is 38.2 Å². The second kappa shape index (κ2) is 11.5. The van der Waals surface area contributed by atoms with Crippen LogP contribution in [0, 0.1) is 23.2 Å². The maximum absolute atomic E-state index is 13.6. The van der Waals surface area contributed by atoms with Crippen molar-refractivity contribution in [2.75, 3.05) is 6.61 Å². The van der Waals surface area contributed by atoms with Crippen LogP contribution >= 0.6 is 23.5 Å². The molecule has 19 heteroatoms. The van der Waals surface area contributed by atoms with E-state index in [4.69, 9.17) is 19.0 Å². The van der Waals surface area contributed by atoms with Crippen LogP contribution in [0.5, 0.6) is 0 Å².